The molecular weight excluding hydrogens is 304 g/mol. The largest absolute Gasteiger partial charge is 0.419 e. The first-order valence-electron chi connectivity index (χ1n) is 7.03. The van der Waals surface area contributed by atoms with Crippen LogP contribution in [0.4, 0.5) is 17.6 Å². The summed E-state index contributed by atoms with van der Waals surface area (Å²) in [6.07, 6.45) is -0.785. The number of benzene rings is 1. The monoisotopic (exact) mass is 320 g/mol. The topological polar surface area (TPSA) is 20.2 Å². The number of fused-ring (bicyclic) bond motifs is 2. The average Bonchev–Trinajstić information content (AvgIpc) is 2.37. The number of alkyl halides is 3. The minimum atomic E-state index is -4.74. The highest BCUT2D eigenvalue weighted by Crippen LogP contribution is 2.50. The maximum absolute atomic E-state index is 13.4. The van der Waals surface area contributed by atoms with E-state index >= 15 is 0 Å². The normalized spacial score (nSPS) is 33.0. The second-order valence-corrected chi connectivity index (χ2v) is 7.55. The van der Waals surface area contributed by atoms with Crippen LogP contribution in [0.1, 0.15) is 43.2 Å². The summed E-state index contributed by atoms with van der Waals surface area (Å²) < 4.78 is 51.9. The lowest BCUT2D eigenvalue weighted by molar-refractivity contribution is -0.140. The first-order valence-corrected chi connectivity index (χ1v) is 7.97. The third-order valence-electron chi connectivity index (χ3n) is 4.38. The lowest BCUT2D eigenvalue weighted by atomic mass is 9.80. The Balaban J connectivity index is 1.96. The molecule has 2 heterocycles. The Kier molecular flexibility index (Phi) is 3.72. The summed E-state index contributed by atoms with van der Waals surface area (Å²) in [6.45, 7) is 0. The summed E-state index contributed by atoms with van der Waals surface area (Å²) in [6, 6.07) is 2.88. The van der Waals surface area contributed by atoms with Crippen molar-refractivity contribution in [2.75, 3.05) is 0 Å². The molecule has 2 fully saturated rings. The summed E-state index contributed by atoms with van der Waals surface area (Å²) in [7, 11) is 0. The Labute approximate surface area is 124 Å². The van der Waals surface area contributed by atoms with Crippen LogP contribution in [0.3, 0.4) is 0 Å². The summed E-state index contributed by atoms with van der Waals surface area (Å²) in [4.78, 5) is 0. The van der Waals surface area contributed by atoms with Gasteiger partial charge in [0.05, 0.1) is 11.2 Å². The number of hydrogen-bond acceptors (Lipinski definition) is 2. The zero-order valence-corrected chi connectivity index (χ0v) is 12.1. The fraction of sp³-hybridized carbons (Fsp3) is 0.600. The maximum atomic E-state index is 13.4. The van der Waals surface area contributed by atoms with E-state index in [9.17, 15) is 22.7 Å². The third-order valence-corrected chi connectivity index (χ3v) is 5.95. The van der Waals surface area contributed by atoms with Crippen molar-refractivity contribution in [2.24, 2.45) is 0 Å². The van der Waals surface area contributed by atoms with E-state index < -0.39 is 23.2 Å². The molecule has 1 N–H and O–H groups in total. The number of hydrogen-bond donors (Lipinski definition) is 1. The van der Waals surface area contributed by atoms with Crippen LogP contribution < -0.4 is 0 Å². The van der Waals surface area contributed by atoms with Gasteiger partial charge in [-0.2, -0.15) is 24.9 Å². The van der Waals surface area contributed by atoms with Crippen molar-refractivity contribution in [2.45, 2.75) is 54.4 Å². The van der Waals surface area contributed by atoms with Crippen molar-refractivity contribution < 1.29 is 22.7 Å². The molecule has 3 rings (SSSR count). The molecule has 116 valence electrons. The molecule has 0 spiro atoms. The summed E-state index contributed by atoms with van der Waals surface area (Å²) >= 11 is 1.83. The Morgan fingerprint density at radius 1 is 1.14 bits per heavy atom. The second kappa shape index (κ2) is 5.16. The van der Waals surface area contributed by atoms with Gasteiger partial charge in [0, 0.05) is 10.5 Å². The molecule has 0 radical (unpaired) electrons. The van der Waals surface area contributed by atoms with Gasteiger partial charge in [0.15, 0.2) is 0 Å². The fourth-order valence-corrected chi connectivity index (χ4v) is 5.28. The minimum absolute atomic E-state index is 0.188. The zero-order valence-electron chi connectivity index (χ0n) is 11.3. The van der Waals surface area contributed by atoms with Crippen molar-refractivity contribution in [3.63, 3.8) is 0 Å². The highest BCUT2D eigenvalue weighted by atomic mass is 32.2. The van der Waals surface area contributed by atoms with Crippen LogP contribution in [0, 0.1) is 5.82 Å². The van der Waals surface area contributed by atoms with Crippen LogP contribution in [0.25, 0.3) is 0 Å². The van der Waals surface area contributed by atoms with E-state index in [1.54, 1.807) is 0 Å². The van der Waals surface area contributed by atoms with Gasteiger partial charge in [0.2, 0.25) is 0 Å². The van der Waals surface area contributed by atoms with E-state index in [0.717, 1.165) is 31.4 Å². The highest BCUT2D eigenvalue weighted by molar-refractivity contribution is 8.00. The molecule has 0 amide bonds. The van der Waals surface area contributed by atoms with E-state index in [4.69, 9.17) is 0 Å². The molecule has 1 aromatic rings. The quantitative estimate of drug-likeness (QED) is 0.770. The molecule has 0 aromatic heterocycles. The van der Waals surface area contributed by atoms with Crippen LogP contribution >= 0.6 is 11.8 Å². The smallest absolute Gasteiger partial charge is 0.385 e. The molecule has 2 saturated heterocycles. The van der Waals surface area contributed by atoms with Crippen LogP contribution in [0.2, 0.25) is 0 Å². The molecule has 2 unspecified atom stereocenters. The van der Waals surface area contributed by atoms with Gasteiger partial charge in [0.1, 0.15) is 5.82 Å². The van der Waals surface area contributed by atoms with Crippen LogP contribution in [-0.2, 0) is 11.8 Å². The molecule has 2 bridgehead atoms. The van der Waals surface area contributed by atoms with Gasteiger partial charge in [-0.15, -0.1) is 0 Å². The van der Waals surface area contributed by atoms with Gasteiger partial charge in [-0.3, -0.25) is 0 Å². The van der Waals surface area contributed by atoms with Gasteiger partial charge in [-0.05, 0) is 43.4 Å². The summed E-state index contributed by atoms with van der Waals surface area (Å²) in [5, 5.41) is 11.4. The first-order chi connectivity index (χ1) is 9.78. The number of thioether (sulfide) groups is 1. The molecule has 6 heteroatoms. The lowest BCUT2D eigenvalue weighted by Crippen LogP contribution is -2.40. The molecule has 1 aromatic carbocycles. The minimum Gasteiger partial charge on any atom is -0.385 e. The summed E-state index contributed by atoms with van der Waals surface area (Å²) in [5.41, 5.74) is -2.38. The van der Waals surface area contributed by atoms with E-state index in [1.165, 1.54) is 6.07 Å². The Bertz CT molecular complexity index is 531. The van der Waals surface area contributed by atoms with Crippen LogP contribution in [0.15, 0.2) is 18.2 Å². The molecule has 2 aliphatic heterocycles. The van der Waals surface area contributed by atoms with Crippen molar-refractivity contribution in [3.8, 4) is 0 Å². The van der Waals surface area contributed by atoms with Crippen molar-refractivity contribution in [1.82, 2.24) is 0 Å². The molecule has 21 heavy (non-hydrogen) atoms. The van der Waals surface area contributed by atoms with E-state index in [1.807, 2.05) is 11.8 Å². The zero-order chi connectivity index (χ0) is 15.3. The second-order valence-electron chi connectivity index (χ2n) is 5.94. The maximum Gasteiger partial charge on any atom is 0.419 e. The molecule has 2 atom stereocenters. The molecule has 0 aliphatic carbocycles. The van der Waals surface area contributed by atoms with Gasteiger partial charge in [-0.1, -0.05) is 12.5 Å². The van der Waals surface area contributed by atoms with E-state index in [0.29, 0.717) is 12.8 Å². The first kappa shape index (κ1) is 15.2. The Morgan fingerprint density at radius 2 is 1.76 bits per heavy atom. The number of aliphatic hydroxyl groups is 1. The average molecular weight is 320 g/mol. The van der Waals surface area contributed by atoms with Gasteiger partial charge in [-0.25, -0.2) is 4.39 Å². The number of rotatable bonds is 1. The predicted octanol–water partition coefficient (Wildman–Crippen LogP) is 4.48. The van der Waals surface area contributed by atoms with Crippen LogP contribution in [-0.4, -0.2) is 15.6 Å². The summed E-state index contributed by atoms with van der Waals surface area (Å²) in [5.74, 6) is -1.29. The van der Waals surface area contributed by atoms with Gasteiger partial charge < -0.3 is 5.11 Å². The third kappa shape index (κ3) is 2.93. The standard InChI is InChI=1S/C15H16F4OS/c16-13-5-4-9(6-12(13)15(17,18)19)14(20)7-10-2-1-3-11(8-14)21-10/h4-6,10-11,20H,1-3,7-8H2. The SMILES string of the molecule is OC1(c2ccc(F)c(C(F)(F)F)c2)CC2CCCC(C1)S2. The van der Waals surface area contributed by atoms with Gasteiger partial charge >= 0.3 is 6.18 Å². The van der Waals surface area contributed by atoms with Crippen molar-refractivity contribution in [3.05, 3.63) is 35.1 Å². The van der Waals surface area contributed by atoms with Gasteiger partial charge in [0.25, 0.3) is 0 Å². The molecular formula is C15H16F4OS. The molecule has 1 nitrogen and oxygen atoms in total. The Hall–Kier alpha value is -0.750. The van der Waals surface area contributed by atoms with E-state index in [-0.39, 0.29) is 16.1 Å². The molecule has 2 aliphatic rings. The lowest BCUT2D eigenvalue weighted by Gasteiger charge is -2.44. The highest BCUT2D eigenvalue weighted by Gasteiger charge is 2.44. The number of halogens is 4. The van der Waals surface area contributed by atoms with Crippen molar-refractivity contribution in [1.29, 1.82) is 0 Å². The predicted molar refractivity (Wildman–Crippen MR) is 73.6 cm³/mol. The van der Waals surface area contributed by atoms with Crippen LogP contribution in [0.5, 0.6) is 0 Å². The van der Waals surface area contributed by atoms with E-state index in [2.05, 4.69) is 0 Å². The molecule has 0 saturated carbocycles. The Morgan fingerprint density at radius 3 is 2.33 bits per heavy atom. The fourth-order valence-electron chi connectivity index (χ4n) is 3.39. The van der Waals surface area contributed by atoms with Crippen molar-refractivity contribution >= 4 is 11.8 Å².